The van der Waals surface area contributed by atoms with Gasteiger partial charge < -0.3 is 20.4 Å². The van der Waals surface area contributed by atoms with Gasteiger partial charge in [-0.15, -0.1) is 0 Å². The molecule has 0 aliphatic heterocycles. The first-order valence-corrected chi connectivity index (χ1v) is 13.8. The van der Waals surface area contributed by atoms with Crippen molar-refractivity contribution in [1.29, 1.82) is 0 Å². The molecule has 0 saturated heterocycles. The minimum Gasteiger partial charge on any atom is -0.396 e. The van der Waals surface area contributed by atoms with Gasteiger partial charge in [0.15, 0.2) is 0 Å². The molecule has 3 fully saturated rings. The highest BCUT2D eigenvalue weighted by Crippen LogP contribution is 2.60. The Labute approximate surface area is 207 Å². The van der Waals surface area contributed by atoms with Crippen LogP contribution in [0, 0.1) is 23.2 Å². The first-order chi connectivity index (χ1) is 16.0. The number of hydrogen-bond donors (Lipinski definition) is 4. The average Bonchev–Trinajstić information content (AvgIpc) is 3.10. The van der Waals surface area contributed by atoms with Gasteiger partial charge in [-0.05, 0) is 112 Å². The van der Waals surface area contributed by atoms with E-state index < -0.39 is 17.8 Å². The Morgan fingerprint density at radius 2 is 1.97 bits per heavy atom. The van der Waals surface area contributed by atoms with Crippen molar-refractivity contribution in [2.24, 2.45) is 23.2 Å². The molecule has 0 amide bonds. The van der Waals surface area contributed by atoms with Gasteiger partial charge in [-0.2, -0.15) is 0 Å². The summed E-state index contributed by atoms with van der Waals surface area (Å²) in [5, 5.41) is 40.4. The van der Waals surface area contributed by atoms with Gasteiger partial charge in [0, 0.05) is 13.0 Å². The summed E-state index contributed by atoms with van der Waals surface area (Å²) < 4.78 is 0. The van der Waals surface area contributed by atoms with Gasteiger partial charge in [0.1, 0.15) is 0 Å². The Kier molecular flexibility index (Phi) is 9.28. The van der Waals surface area contributed by atoms with E-state index >= 15 is 0 Å². The smallest absolute Gasteiger partial charge is 0.0811 e. The standard InChI is InChI=1S/C30H50O4/c1-20(9-6-14-29(3,4)34)26-12-13-27-23(10-7-15-30(26,27)5)17-22(11-8-16-31)25-18-24(32)19-28(33)21(25)2/h17,20,24,26-28,31-34H,2,6-16,18-19H2,1,3-5H3/b23-17+,25-22-/t20-,24-,26-,27+,28-,30-/m1/s1. The van der Waals surface area contributed by atoms with E-state index in [9.17, 15) is 20.4 Å². The molecule has 0 bridgehead atoms. The van der Waals surface area contributed by atoms with Gasteiger partial charge >= 0.3 is 0 Å². The predicted molar refractivity (Wildman–Crippen MR) is 139 cm³/mol. The second kappa shape index (κ2) is 11.4. The molecular weight excluding hydrogens is 424 g/mol. The number of aliphatic hydroxyl groups excluding tert-OH is 3. The summed E-state index contributed by atoms with van der Waals surface area (Å²) in [6, 6.07) is 0. The quantitative estimate of drug-likeness (QED) is 0.338. The molecule has 4 N–H and O–H groups in total. The van der Waals surface area contributed by atoms with Crippen molar-refractivity contribution in [2.75, 3.05) is 6.61 Å². The Balaban J connectivity index is 1.83. The largest absolute Gasteiger partial charge is 0.396 e. The lowest BCUT2D eigenvalue weighted by atomic mass is 9.60. The first kappa shape index (κ1) is 27.6. The van der Waals surface area contributed by atoms with Crippen LogP contribution < -0.4 is 0 Å². The number of allylic oxidation sites excluding steroid dienone is 3. The molecule has 0 heterocycles. The fourth-order valence-corrected chi connectivity index (χ4v) is 7.44. The Morgan fingerprint density at radius 3 is 2.65 bits per heavy atom. The van der Waals surface area contributed by atoms with E-state index in [4.69, 9.17) is 0 Å². The van der Waals surface area contributed by atoms with E-state index in [1.807, 2.05) is 13.8 Å². The van der Waals surface area contributed by atoms with Crippen molar-refractivity contribution < 1.29 is 20.4 Å². The van der Waals surface area contributed by atoms with Crippen molar-refractivity contribution in [2.45, 2.75) is 123 Å². The fourth-order valence-electron chi connectivity index (χ4n) is 7.44. The van der Waals surface area contributed by atoms with Crippen LogP contribution in [0.2, 0.25) is 0 Å². The lowest BCUT2D eigenvalue weighted by molar-refractivity contribution is 0.0596. The maximum Gasteiger partial charge on any atom is 0.0811 e. The molecule has 4 heteroatoms. The maximum atomic E-state index is 10.4. The van der Waals surface area contributed by atoms with Crippen LogP contribution >= 0.6 is 0 Å². The predicted octanol–water partition coefficient (Wildman–Crippen LogP) is 5.85. The van der Waals surface area contributed by atoms with Crippen LogP contribution in [-0.4, -0.2) is 44.8 Å². The molecule has 34 heavy (non-hydrogen) atoms. The van der Waals surface area contributed by atoms with E-state index in [1.54, 1.807) is 0 Å². The van der Waals surface area contributed by atoms with Crippen molar-refractivity contribution in [3.05, 3.63) is 34.9 Å². The zero-order valence-corrected chi connectivity index (χ0v) is 22.2. The highest BCUT2D eigenvalue weighted by atomic mass is 16.3. The van der Waals surface area contributed by atoms with Crippen LogP contribution in [0.5, 0.6) is 0 Å². The van der Waals surface area contributed by atoms with Crippen molar-refractivity contribution in [1.82, 2.24) is 0 Å². The summed E-state index contributed by atoms with van der Waals surface area (Å²) >= 11 is 0. The number of hydrogen-bond acceptors (Lipinski definition) is 4. The molecule has 0 radical (unpaired) electrons. The van der Waals surface area contributed by atoms with Crippen LogP contribution in [0.15, 0.2) is 34.9 Å². The Morgan fingerprint density at radius 1 is 1.24 bits per heavy atom. The molecule has 6 atom stereocenters. The lowest BCUT2D eigenvalue weighted by Gasteiger charge is -2.44. The summed E-state index contributed by atoms with van der Waals surface area (Å²) in [7, 11) is 0. The van der Waals surface area contributed by atoms with Gasteiger partial charge in [0.25, 0.3) is 0 Å². The molecule has 0 aromatic carbocycles. The van der Waals surface area contributed by atoms with Gasteiger partial charge in [0.05, 0.1) is 17.8 Å². The summed E-state index contributed by atoms with van der Waals surface area (Å²) in [4.78, 5) is 0. The minimum atomic E-state index is -0.682. The van der Waals surface area contributed by atoms with Crippen molar-refractivity contribution in [3.63, 3.8) is 0 Å². The molecule has 3 aliphatic rings. The maximum absolute atomic E-state index is 10.4. The van der Waals surface area contributed by atoms with Crippen LogP contribution in [-0.2, 0) is 0 Å². The molecule has 0 aromatic heterocycles. The molecule has 0 aromatic rings. The van der Waals surface area contributed by atoms with Gasteiger partial charge in [-0.25, -0.2) is 0 Å². The molecule has 194 valence electrons. The third-order valence-corrected chi connectivity index (χ3v) is 9.25. The van der Waals surface area contributed by atoms with E-state index in [-0.39, 0.29) is 6.61 Å². The van der Waals surface area contributed by atoms with Crippen LogP contribution in [0.25, 0.3) is 0 Å². The Hall–Kier alpha value is -0.940. The van der Waals surface area contributed by atoms with E-state index in [1.165, 1.54) is 37.7 Å². The molecule has 3 saturated carbocycles. The van der Waals surface area contributed by atoms with Gasteiger partial charge in [-0.3, -0.25) is 0 Å². The summed E-state index contributed by atoms with van der Waals surface area (Å²) in [5.74, 6) is 1.96. The SMILES string of the molecule is C=C1/C(=C(\C=C2/CCC[C@]3(C)[C@@H]([C@H](C)CCCC(C)(C)O)CC[C@@H]23)CCCO)C[C@@H](O)C[C@H]1O. The molecule has 4 nitrogen and oxygen atoms in total. The Bertz CT molecular complexity index is 773. The van der Waals surface area contributed by atoms with Crippen LogP contribution in [0.4, 0.5) is 0 Å². The summed E-state index contributed by atoms with van der Waals surface area (Å²) in [6.45, 7) is 13.1. The highest BCUT2D eigenvalue weighted by Gasteiger charge is 2.50. The van der Waals surface area contributed by atoms with Gasteiger partial charge in [0.2, 0.25) is 0 Å². The number of fused-ring (bicyclic) bond motifs is 1. The summed E-state index contributed by atoms with van der Waals surface area (Å²) in [5.41, 5.74) is 4.19. The second-order valence-electron chi connectivity index (χ2n) is 12.5. The van der Waals surface area contributed by atoms with E-state index in [2.05, 4.69) is 26.5 Å². The van der Waals surface area contributed by atoms with Gasteiger partial charge in [-0.1, -0.05) is 44.9 Å². The molecule has 3 aliphatic carbocycles. The average molecular weight is 475 g/mol. The monoisotopic (exact) mass is 474 g/mol. The van der Waals surface area contributed by atoms with Crippen LogP contribution in [0.3, 0.4) is 0 Å². The lowest BCUT2D eigenvalue weighted by Crippen LogP contribution is -2.36. The minimum absolute atomic E-state index is 0.142. The fraction of sp³-hybridized carbons (Fsp3) is 0.800. The number of rotatable bonds is 9. The van der Waals surface area contributed by atoms with Crippen molar-refractivity contribution >= 4 is 0 Å². The topological polar surface area (TPSA) is 80.9 Å². The molecule has 0 spiro atoms. The zero-order valence-electron chi connectivity index (χ0n) is 22.2. The summed E-state index contributed by atoms with van der Waals surface area (Å²) in [6.07, 6.45) is 12.7. The van der Waals surface area contributed by atoms with Crippen molar-refractivity contribution in [3.8, 4) is 0 Å². The third kappa shape index (κ3) is 6.43. The normalized spacial score (nSPS) is 36.0. The molecule has 3 rings (SSSR count). The zero-order chi connectivity index (χ0) is 25.1. The van der Waals surface area contributed by atoms with E-state index in [0.717, 1.165) is 42.4 Å². The number of aliphatic hydroxyl groups is 4. The second-order valence-corrected chi connectivity index (χ2v) is 12.5. The van der Waals surface area contributed by atoms with E-state index in [0.29, 0.717) is 42.4 Å². The highest BCUT2D eigenvalue weighted by molar-refractivity contribution is 5.44. The first-order valence-electron chi connectivity index (χ1n) is 13.8. The van der Waals surface area contributed by atoms with Crippen LogP contribution in [0.1, 0.15) is 105 Å². The molecular formula is C30H50O4. The third-order valence-electron chi connectivity index (χ3n) is 9.25. The molecule has 0 unspecified atom stereocenters.